The number of hydrogen-bond donors (Lipinski definition) is 3. The van der Waals surface area contributed by atoms with Crippen molar-refractivity contribution in [3.8, 4) is 0 Å². The second-order valence-corrected chi connectivity index (χ2v) is 10.7. The lowest BCUT2D eigenvalue weighted by Crippen LogP contribution is -2.50. The highest BCUT2D eigenvalue weighted by Gasteiger charge is 2.31. The van der Waals surface area contributed by atoms with Crippen molar-refractivity contribution < 1.29 is 22.6 Å². The summed E-state index contributed by atoms with van der Waals surface area (Å²) >= 11 is 1.53. The minimum Gasteiger partial charge on any atom is -0.378 e. The van der Waals surface area contributed by atoms with E-state index < -0.39 is 33.9 Å². The van der Waals surface area contributed by atoms with Gasteiger partial charge in [0.15, 0.2) is 0 Å². The number of rotatable bonds is 7. The molecule has 0 radical (unpaired) electrons. The summed E-state index contributed by atoms with van der Waals surface area (Å²) in [6.45, 7) is 0. The predicted octanol–water partition coefficient (Wildman–Crippen LogP) is 2.26. The van der Waals surface area contributed by atoms with Crippen LogP contribution < -0.4 is 25.8 Å². The molecule has 0 spiro atoms. The largest absolute Gasteiger partial charge is 0.378 e. The van der Waals surface area contributed by atoms with Gasteiger partial charge in [-0.15, -0.1) is 0 Å². The Hall–Kier alpha value is -2.96. The predicted molar refractivity (Wildman–Crippen MR) is 130 cm³/mol. The second-order valence-electron chi connectivity index (χ2n) is 8.01. The number of nitrogens with one attached hydrogen (secondary N) is 1. The third-order valence-corrected chi connectivity index (χ3v) is 6.98. The van der Waals surface area contributed by atoms with E-state index in [9.17, 15) is 18.0 Å². The number of urea groups is 1. The third kappa shape index (κ3) is 5.70. The maximum atomic E-state index is 13.4. The molecule has 0 aromatic heterocycles. The molecule has 12 heteroatoms. The maximum Gasteiger partial charge on any atom is 0.327 e. The first kappa shape index (κ1) is 24.7. The SMILES string of the molecule is CN(C)c1ccc2c(c1)Sc1cc(N(C)C)ccc1N2C(=O)NC(CCS(=O)(=O)O)C(N)=O. The molecule has 10 nitrogen and oxygen atoms in total. The van der Waals surface area contributed by atoms with Gasteiger partial charge in [-0.2, -0.15) is 8.42 Å². The Balaban J connectivity index is 2.02. The first-order valence-electron chi connectivity index (χ1n) is 10.0. The van der Waals surface area contributed by atoms with Crippen LogP contribution in [0.5, 0.6) is 0 Å². The molecule has 1 unspecified atom stereocenters. The van der Waals surface area contributed by atoms with Gasteiger partial charge in [-0.05, 0) is 42.8 Å². The van der Waals surface area contributed by atoms with Crippen molar-refractivity contribution in [2.24, 2.45) is 5.73 Å². The molecule has 1 atom stereocenters. The number of nitrogens with two attached hydrogens (primary N) is 1. The Bertz CT molecular complexity index is 1130. The van der Waals surface area contributed by atoms with Crippen LogP contribution in [-0.4, -0.2) is 64.9 Å². The molecule has 0 saturated heterocycles. The molecule has 0 bridgehead atoms. The van der Waals surface area contributed by atoms with Crippen LogP contribution in [0.3, 0.4) is 0 Å². The van der Waals surface area contributed by atoms with Crippen molar-refractivity contribution >= 4 is 56.6 Å². The average molecular weight is 494 g/mol. The van der Waals surface area contributed by atoms with Gasteiger partial charge in [-0.3, -0.25) is 14.2 Å². The van der Waals surface area contributed by atoms with Crippen LogP contribution in [0.15, 0.2) is 46.2 Å². The molecular formula is C21H27N5O5S2. The minimum absolute atomic E-state index is 0.346. The molecule has 2 aromatic rings. The fourth-order valence-electron chi connectivity index (χ4n) is 3.33. The quantitative estimate of drug-likeness (QED) is 0.500. The van der Waals surface area contributed by atoms with Gasteiger partial charge in [0.2, 0.25) is 5.91 Å². The molecule has 33 heavy (non-hydrogen) atoms. The number of nitrogens with zero attached hydrogens (tertiary/aromatic N) is 3. The molecule has 3 amide bonds. The van der Waals surface area contributed by atoms with Gasteiger partial charge in [-0.1, -0.05) is 11.8 Å². The van der Waals surface area contributed by atoms with Crippen LogP contribution in [0.25, 0.3) is 0 Å². The van der Waals surface area contributed by atoms with E-state index in [4.69, 9.17) is 10.3 Å². The summed E-state index contributed by atoms with van der Waals surface area (Å²) in [6, 6.07) is 9.42. The molecule has 1 aliphatic rings. The molecule has 0 aliphatic carbocycles. The van der Waals surface area contributed by atoms with E-state index in [1.54, 1.807) is 0 Å². The summed E-state index contributed by atoms with van der Waals surface area (Å²) < 4.78 is 31.3. The normalized spacial score (nSPS) is 13.5. The van der Waals surface area contributed by atoms with Crippen molar-refractivity contribution in [1.82, 2.24) is 5.32 Å². The van der Waals surface area contributed by atoms with Crippen LogP contribution in [0.1, 0.15) is 6.42 Å². The van der Waals surface area contributed by atoms with E-state index in [-0.39, 0.29) is 6.42 Å². The molecular weight excluding hydrogens is 466 g/mol. The highest BCUT2D eigenvalue weighted by Crippen LogP contribution is 2.50. The average Bonchev–Trinajstić information content (AvgIpc) is 2.72. The zero-order valence-electron chi connectivity index (χ0n) is 18.8. The van der Waals surface area contributed by atoms with Gasteiger partial charge in [0.05, 0.1) is 17.1 Å². The summed E-state index contributed by atoms with van der Waals surface area (Å²) in [5.41, 5.74) is 8.52. The van der Waals surface area contributed by atoms with Crippen LogP contribution in [0.4, 0.5) is 27.5 Å². The number of primary amides is 1. The summed E-state index contributed by atoms with van der Waals surface area (Å²) in [7, 11) is 3.36. The standard InChI is InChI=1S/C21H27N5O5S2/c1-24(2)13-5-7-16-18(11-13)32-19-12-14(25(3)4)6-8-17(19)26(16)21(28)23-15(20(22)27)9-10-33(29,30)31/h5-8,11-12,15H,9-10H2,1-4H3,(H2,22,27)(H,23,28)(H,29,30,31). The zero-order valence-corrected chi connectivity index (χ0v) is 20.4. The van der Waals surface area contributed by atoms with E-state index in [0.717, 1.165) is 21.2 Å². The first-order valence-corrected chi connectivity index (χ1v) is 12.5. The molecule has 1 heterocycles. The Kier molecular flexibility index (Phi) is 7.10. The smallest absolute Gasteiger partial charge is 0.327 e. The van der Waals surface area contributed by atoms with E-state index in [2.05, 4.69) is 5.32 Å². The summed E-state index contributed by atoms with van der Waals surface area (Å²) in [6.07, 6.45) is -0.346. The van der Waals surface area contributed by atoms with Crippen molar-refractivity contribution in [1.29, 1.82) is 0 Å². The fraction of sp³-hybridized carbons (Fsp3) is 0.333. The number of carbonyl (C=O) groups is 2. The van der Waals surface area contributed by atoms with Crippen molar-refractivity contribution in [2.45, 2.75) is 22.3 Å². The van der Waals surface area contributed by atoms with Crippen LogP contribution in [-0.2, 0) is 14.9 Å². The molecule has 3 rings (SSSR count). The molecule has 0 fully saturated rings. The van der Waals surface area contributed by atoms with Crippen molar-refractivity contribution in [3.63, 3.8) is 0 Å². The lowest BCUT2D eigenvalue weighted by atomic mass is 10.2. The molecule has 1 aliphatic heterocycles. The Morgan fingerprint density at radius 3 is 1.91 bits per heavy atom. The van der Waals surface area contributed by atoms with Crippen molar-refractivity contribution in [2.75, 3.05) is 48.6 Å². The Morgan fingerprint density at radius 2 is 1.52 bits per heavy atom. The number of anilines is 4. The summed E-state index contributed by atoms with van der Waals surface area (Å²) in [4.78, 5) is 32.3. The molecule has 0 saturated carbocycles. The minimum atomic E-state index is -4.32. The Labute approximate surface area is 197 Å². The lowest BCUT2D eigenvalue weighted by molar-refractivity contribution is -0.119. The van der Waals surface area contributed by atoms with Crippen LogP contribution in [0, 0.1) is 0 Å². The van der Waals surface area contributed by atoms with Gasteiger partial charge < -0.3 is 20.9 Å². The lowest BCUT2D eigenvalue weighted by Gasteiger charge is -2.33. The van der Waals surface area contributed by atoms with Gasteiger partial charge in [0.25, 0.3) is 10.1 Å². The summed E-state index contributed by atoms with van der Waals surface area (Å²) in [5, 5.41) is 2.52. The van der Waals surface area contributed by atoms with Gasteiger partial charge in [0.1, 0.15) is 6.04 Å². The Morgan fingerprint density at radius 1 is 1.03 bits per heavy atom. The van der Waals surface area contributed by atoms with Gasteiger partial charge >= 0.3 is 6.03 Å². The highest BCUT2D eigenvalue weighted by molar-refractivity contribution is 7.99. The van der Waals surface area contributed by atoms with E-state index in [1.807, 2.05) is 74.4 Å². The topological polar surface area (TPSA) is 136 Å². The number of hydrogen-bond acceptors (Lipinski definition) is 7. The zero-order chi connectivity index (χ0) is 24.5. The fourth-order valence-corrected chi connectivity index (χ4v) is 4.99. The molecule has 4 N–H and O–H groups in total. The van der Waals surface area contributed by atoms with Gasteiger partial charge in [-0.25, -0.2) is 4.79 Å². The maximum absolute atomic E-state index is 13.4. The third-order valence-electron chi connectivity index (χ3n) is 5.13. The monoisotopic (exact) mass is 493 g/mol. The number of fused-ring (bicyclic) bond motifs is 2. The van der Waals surface area contributed by atoms with Crippen LogP contribution >= 0.6 is 11.8 Å². The summed E-state index contributed by atoms with van der Waals surface area (Å²) in [5.74, 6) is -1.60. The van der Waals surface area contributed by atoms with Gasteiger partial charge in [0, 0.05) is 49.4 Å². The van der Waals surface area contributed by atoms with E-state index in [1.165, 1.54) is 16.7 Å². The number of benzene rings is 2. The van der Waals surface area contributed by atoms with E-state index in [0.29, 0.717) is 11.4 Å². The van der Waals surface area contributed by atoms with Crippen molar-refractivity contribution in [3.05, 3.63) is 36.4 Å². The highest BCUT2D eigenvalue weighted by atomic mass is 32.2. The van der Waals surface area contributed by atoms with Crippen LogP contribution in [0.2, 0.25) is 0 Å². The molecule has 2 aromatic carbocycles. The molecule has 178 valence electrons. The number of amides is 3. The number of carbonyl (C=O) groups excluding carboxylic acids is 2. The van der Waals surface area contributed by atoms with E-state index >= 15 is 0 Å². The first-order chi connectivity index (χ1) is 15.4. The second kappa shape index (κ2) is 9.49.